The zero-order chi connectivity index (χ0) is 46.5. The van der Waals surface area contributed by atoms with Crippen molar-refractivity contribution in [3.05, 3.63) is 36.5 Å². The largest absolute Gasteiger partial charge is 0.462 e. The van der Waals surface area contributed by atoms with Crippen molar-refractivity contribution in [1.82, 2.24) is 0 Å². The van der Waals surface area contributed by atoms with Gasteiger partial charge in [-0.1, -0.05) is 237 Å². The third-order valence-electron chi connectivity index (χ3n) is 12.4. The van der Waals surface area contributed by atoms with E-state index in [1.165, 1.54) is 167 Å². The summed E-state index contributed by atoms with van der Waals surface area (Å²) in [5.74, 6) is -0.885. The zero-order valence-electron chi connectivity index (χ0n) is 42.8. The van der Waals surface area contributed by atoms with E-state index in [9.17, 15) is 14.4 Å². The number of hydrogen-bond acceptors (Lipinski definition) is 6. The molecule has 0 N–H and O–H groups in total. The van der Waals surface area contributed by atoms with Gasteiger partial charge < -0.3 is 14.2 Å². The molecule has 6 heteroatoms. The van der Waals surface area contributed by atoms with Crippen LogP contribution in [0.15, 0.2) is 36.5 Å². The van der Waals surface area contributed by atoms with Gasteiger partial charge >= 0.3 is 17.9 Å². The number of carbonyl (C=O) groups excluding carboxylic acids is 3. The van der Waals surface area contributed by atoms with Gasteiger partial charge in [-0.3, -0.25) is 14.4 Å². The number of ether oxygens (including phenoxy) is 3. The minimum Gasteiger partial charge on any atom is -0.462 e. The molecule has 0 bridgehead atoms. The lowest BCUT2D eigenvalue weighted by Crippen LogP contribution is -2.30. The normalized spacial score (nSPS) is 12.2. The maximum Gasteiger partial charge on any atom is 0.306 e. The highest BCUT2D eigenvalue weighted by Gasteiger charge is 2.19. The first-order valence-electron chi connectivity index (χ1n) is 28.0. The highest BCUT2D eigenvalue weighted by atomic mass is 16.6. The molecule has 0 aromatic carbocycles. The molecule has 0 heterocycles. The fourth-order valence-electron chi connectivity index (χ4n) is 8.12. The summed E-state index contributed by atoms with van der Waals surface area (Å²) < 4.78 is 16.8. The quantitative estimate of drug-likeness (QED) is 0.0262. The van der Waals surface area contributed by atoms with Crippen molar-refractivity contribution in [3.8, 4) is 0 Å². The van der Waals surface area contributed by atoms with Crippen molar-refractivity contribution >= 4 is 17.9 Å². The standard InChI is InChI=1S/C58H106O6/c1-4-7-10-13-16-19-22-25-27-29-31-33-36-39-42-45-48-51-57(60)63-54-55(53-62-56(59)50-47-44-41-38-35-32-24-21-18-15-12-9-6-3)64-58(61)52-49-46-43-40-37-34-30-28-26-23-20-17-14-11-8-5-2/h20-21,23-24,28,30,55H,4-19,22,25-27,29,31-54H2,1-3H3/b23-20-,24-21-,30-28-. The molecule has 0 saturated carbocycles. The number of esters is 3. The van der Waals surface area contributed by atoms with Crippen molar-refractivity contribution in [1.29, 1.82) is 0 Å². The highest BCUT2D eigenvalue weighted by Crippen LogP contribution is 2.16. The molecule has 0 amide bonds. The highest BCUT2D eigenvalue weighted by molar-refractivity contribution is 5.71. The summed E-state index contributed by atoms with van der Waals surface area (Å²) in [5.41, 5.74) is 0. The fraction of sp³-hybridized carbons (Fsp3) is 0.845. The summed E-state index contributed by atoms with van der Waals surface area (Å²) in [6, 6.07) is 0. The Morgan fingerprint density at radius 1 is 0.312 bits per heavy atom. The topological polar surface area (TPSA) is 78.9 Å². The third-order valence-corrected chi connectivity index (χ3v) is 12.4. The Morgan fingerprint density at radius 2 is 0.562 bits per heavy atom. The Kier molecular flexibility index (Phi) is 51.3. The predicted molar refractivity (Wildman–Crippen MR) is 275 cm³/mol. The second kappa shape index (κ2) is 53.2. The number of carbonyl (C=O) groups is 3. The predicted octanol–water partition coefficient (Wildman–Crippen LogP) is 18.5. The number of allylic oxidation sites excluding steroid dienone is 6. The average Bonchev–Trinajstić information content (AvgIpc) is 3.29. The van der Waals surface area contributed by atoms with Gasteiger partial charge in [-0.2, -0.15) is 0 Å². The van der Waals surface area contributed by atoms with Crippen molar-refractivity contribution in [2.45, 2.75) is 303 Å². The summed E-state index contributed by atoms with van der Waals surface area (Å²) >= 11 is 0. The van der Waals surface area contributed by atoms with E-state index in [-0.39, 0.29) is 31.1 Å². The molecule has 374 valence electrons. The molecule has 0 saturated heterocycles. The minimum atomic E-state index is -0.779. The molecule has 1 unspecified atom stereocenters. The van der Waals surface area contributed by atoms with Gasteiger partial charge in [0.2, 0.25) is 0 Å². The van der Waals surface area contributed by atoms with Crippen LogP contribution in [-0.2, 0) is 28.6 Å². The van der Waals surface area contributed by atoms with E-state index in [1.807, 2.05) is 0 Å². The van der Waals surface area contributed by atoms with Crippen molar-refractivity contribution in [2.75, 3.05) is 13.2 Å². The summed E-state index contributed by atoms with van der Waals surface area (Å²) in [5, 5.41) is 0. The second-order valence-corrected chi connectivity index (χ2v) is 18.8. The van der Waals surface area contributed by atoms with E-state index in [1.54, 1.807) is 0 Å². The van der Waals surface area contributed by atoms with Gasteiger partial charge in [-0.15, -0.1) is 0 Å². The van der Waals surface area contributed by atoms with Gasteiger partial charge in [-0.05, 0) is 77.0 Å². The molecule has 0 aromatic heterocycles. The van der Waals surface area contributed by atoms with Gasteiger partial charge in [0, 0.05) is 19.3 Å². The molecule has 0 rings (SSSR count). The van der Waals surface area contributed by atoms with E-state index in [0.29, 0.717) is 19.3 Å². The zero-order valence-corrected chi connectivity index (χ0v) is 42.8. The summed E-state index contributed by atoms with van der Waals surface area (Å²) in [4.78, 5) is 38.1. The third kappa shape index (κ3) is 50.6. The van der Waals surface area contributed by atoms with Crippen molar-refractivity contribution in [2.24, 2.45) is 0 Å². The van der Waals surface area contributed by atoms with Gasteiger partial charge in [0.05, 0.1) is 0 Å². The summed E-state index contributed by atoms with van der Waals surface area (Å²) in [6.45, 7) is 6.62. The molecule has 0 radical (unpaired) electrons. The molecule has 0 aliphatic rings. The SMILES string of the molecule is CCCCCC/C=C\C/C=C\CCCCCCCC(=O)OC(COC(=O)CCCCCCC/C=C\CCCCCC)COC(=O)CCCCCCCCCCCCCCCCCCC. The first-order valence-corrected chi connectivity index (χ1v) is 28.0. The van der Waals surface area contributed by atoms with Crippen LogP contribution in [0.25, 0.3) is 0 Å². The Balaban J connectivity index is 4.36. The van der Waals surface area contributed by atoms with Gasteiger partial charge in [0.1, 0.15) is 13.2 Å². The molecule has 0 aliphatic heterocycles. The van der Waals surface area contributed by atoms with Crippen molar-refractivity contribution < 1.29 is 28.6 Å². The first kappa shape index (κ1) is 61.6. The van der Waals surface area contributed by atoms with Crippen LogP contribution in [0, 0.1) is 0 Å². The second-order valence-electron chi connectivity index (χ2n) is 18.8. The van der Waals surface area contributed by atoms with Crippen LogP contribution in [0.1, 0.15) is 297 Å². The Labute approximate surface area is 397 Å². The minimum absolute atomic E-state index is 0.0771. The Bertz CT molecular complexity index is 1080. The summed E-state index contributed by atoms with van der Waals surface area (Å²) in [7, 11) is 0. The molecule has 0 fully saturated rings. The molecule has 64 heavy (non-hydrogen) atoms. The molecular formula is C58H106O6. The average molecular weight is 899 g/mol. The molecule has 0 spiro atoms. The fourth-order valence-corrected chi connectivity index (χ4v) is 8.12. The molecule has 1 atom stereocenters. The van der Waals surface area contributed by atoms with Crippen LogP contribution < -0.4 is 0 Å². The Morgan fingerprint density at radius 3 is 0.891 bits per heavy atom. The van der Waals surface area contributed by atoms with Crippen molar-refractivity contribution in [3.63, 3.8) is 0 Å². The van der Waals surface area contributed by atoms with Crippen LogP contribution in [0.5, 0.6) is 0 Å². The van der Waals surface area contributed by atoms with Crippen LogP contribution in [-0.4, -0.2) is 37.2 Å². The van der Waals surface area contributed by atoms with Crippen LogP contribution in [0.4, 0.5) is 0 Å². The Hall–Kier alpha value is -2.37. The molecule has 0 aliphatic carbocycles. The van der Waals surface area contributed by atoms with Gasteiger partial charge in [-0.25, -0.2) is 0 Å². The van der Waals surface area contributed by atoms with Crippen LogP contribution in [0.3, 0.4) is 0 Å². The van der Waals surface area contributed by atoms with Gasteiger partial charge in [0.25, 0.3) is 0 Å². The van der Waals surface area contributed by atoms with E-state index in [0.717, 1.165) is 89.9 Å². The van der Waals surface area contributed by atoms with E-state index in [4.69, 9.17) is 14.2 Å². The van der Waals surface area contributed by atoms with E-state index in [2.05, 4.69) is 57.2 Å². The lowest BCUT2D eigenvalue weighted by molar-refractivity contribution is -0.167. The van der Waals surface area contributed by atoms with Crippen LogP contribution >= 0.6 is 0 Å². The maximum atomic E-state index is 12.8. The lowest BCUT2D eigenvalue weighted by atomic mass is 10.0. The lowest BCUT2D eigenvalue weighted by Gasteiger charge is -2.18. The number of rotatable bonds is 51. The smallest absolute Gasteiger partial charge is 0.306 e. The van der Waals surface area contributed by atoms with E-state index >= 15 is 0 Å². The molecule has 0 aromatic rings. The number of unbranched alkanes of at least 4 members (excludes halogenated alkanes) is 34. The van der Waals surface area contributed by atoms with E-state index < -0.39 is 6.10 Å². The maximum absolute atomic E-state index is 12.8. The summed E-state index contributed by atoms with van der Waals surface area (Å²) in [6.07, 6.45) is 62.7. The number of hydrogen-bond donors (Lipinski definition) is 0. The monoisotopic (exact) mass is 899 g/mol. The molecular weight excluding hydrogens is 793 g/mol. The van der Waals surface area contributed by atoms with Crippen LogP contribution in [0.2, 0.25) is 0 Å². The molecule has 6 nitrogen and oxygen atoms in total. The first-order chi connectivity index (χ1) is 31.5. The van der Waals surface area contributed by atoms with Gasteiger partial charge in [0.15, 0.2) is 6.10 Å².